The number of alkyl halides is 3. The van der Waals surface area contributed by atoms with Gasteiger partial charge in [-0.2, -0.15) is 13.2 Å². The van der Waals surface area contributed by atoms with Crippen LogP contribution in [0, 0.1) is 0 Å². The maximum atomic E-state index is 12.7. The zero-order valence-corrected chi connectivity index (χ0v) is 17.4. The normalized spacial score (nSPS) is 12.2. The van der Waals surface area contributed by atoms with E-state index in [0.717, 1.165) is 6.07 Å². The summed E-state index contributed by atoms with van der Waals surface area (Å²) in [5.41, 5.74) is 0.508. The third kappa shape index (κ3) is 6.34. The van der Waals surface area contributed by atoms with Crippen LogP contribution in [0.2, 0.25) is 0 Å². The van der Waals surface area contributed by atoms with Crippen LogP contribution < -0.4 is 10.4 Å². The first kappa shape index (κ1) is 23.8. The molecule has 1 heterocycles. The number of halogens is 3. The first-order chi connectivity index (χ1) is 15.7. The first-order valence-electron chi connectivity index (χ1n) is 9.76. The molecule has 0 saturated heterocycles. The van der Waals surface area contributed by atoms with Gasteiger partial charge in [-0.3, -0.25) is 0 Å². The van der Waals surface area contributed by atoms with Crippen LogP contribution >= 0.6 is 0 Å². The first-order valence-corrected chi connectivity index (χ1v) is 9.76. The molecule has 0 N–H and O–H groups in total. The number of aryl methyl sites for hydroxylation is 1. The highest BCUT2D eigenvalue weighted by Crippen LogP contribution is 2.25. The second-order valence-electron chi connectivity index (χ2n) is 6.98. The zero-order chi connectivity index (χ0) is 24.0. The van der Waals surface area contributed by atoms with Crippen molar-refractivity contribution in [2.45, 2.75) is 31.7 Å². The van der Waals surface area contributed by atoms with Gasteiger partial charge in [0.15, 0.2) is 6.10 Å². The number of esters is 2. The van der Waals surface area contributed by atoms with Gasteiger partial charge in [0.1, 0.15) is 17.9 Å². The van der Waals surface area contributed by atoms with Crippen LogP contribution in [0.3, 0.4) is 0 Å². The van der Waals surface area contributed by atoms with E-state index in [1.54, 1.807) is 42.5 Å². The molecule has 0 unspecified atom stereocenters. The van der Waals surface area contributed by atoms with Gasteiger partial charge in [0.05, 0.1) is 7.11 Å². The van der Waals surface area contributed by atoms with E-state index in [4.69, 9.17) is 13.9 Å². The topological polar surface area (TPSA) is 92.0 Å². The Balaban J connectivity index is 1.80. The van der Waals surface area contributed by atoms with Gasteiger partial charge in [-0.15, -0.1) is 0 Å². The molecule has 10 heteroatoms. The fourth-order valence-corrected chi connectivity index (χ4v) is 3.07. The van der Waals surface area contributed by atoms with Crippen molar-refractivity contribution in [2.75, 3.05) is 7.11 Å². The highest BCUT2D eigenvalue weighted by molar-refractivity contribution is 5.83. The Morgan fingerprint density at radius 2 is 1.79 bits per heavy atom. The molecule has 1 aromatic heterocycles. The van der Waals surface area contributed by atoms with Crippen molar-refractivity contribution >= 4 is 22.9 Å². The number of benzene rings is 2. The minimum atomic E-state index is -5.28. The average Bonchev–Trinajstić information content (AvgIpc) is 2.79. The Labute approximate surface area is 185 Å². The predicted molar refractivity (Wildman–Crippen MR) is 110 cm³/mol. The molecule has 0 radical (unpaired) electrons. The molecule has 33 heavy (non-hydrogen) atoms. The van der Waals surface area contributed by atoms with Crippen LogP contribution in [-0.4, -0.2) is 31.3 Å². The number of carbonyl (C=O) groups excluding carboxylic acids is 2. The second-order valence-corrected chi connectivity index (χ2v) is 6.98. The number of rotatable bonds is 8. The molecule has 7 nitrogen and oxygen atoms in total. The summed E-state index contributed by atoms with van der Waals surface area (Å²) in [5, 5.41) is 0.494. The average molecular weight is 464 g/mol. The predicted octanol–water partition coefficient (Wildman–Crippen LogP) is 3.95. The largest absolute Gasteiger partial charge is 0.497 e. The van der Waals surface area contributed by atoms with Crippen molar-refractivity contribution in [3.8, 4) is 5.75 Å². The van der Waals surface area contributed by atoms with E-state index < -0.39 is 29.8 Å². The summed E-state index contributed by atoms with van der Waals surface area (Å²) in [6, 6.07) is 14.3. The standard InChI is InChI=1S/C23H19F3O7/c1-30-16-8-9-17-15(11-20(27)32-19(17)12-16)7-10-18(33-22(29)23(24,25)26)21(28)31-13-14-5-3-2-4-6-14/h2-6,8-9,11-12,18H,7,10,13H2,1H3/t18-/m0/s1. The molecular formula is C23H19F3O7. The van der Waals surface area contributed by atoms with Crippen LogP contribution in [0.5, 0.6) is 5.75 Å². The molecule has 0 fully saturated rings. The van der Waals surface area contributed by atoms with Gasteiger partial charge in [-0.1, -0.05) is 30.3 Å². The highest BCUT2D eigenvalue weighted by atomic mass is 19.4. The van der Waals surface area contributed by atoms with Crippen molar-refractivity contribution in [3.63, 3.8) is 0 Å². The Morgan fingerprint density at radius 3 is 2.45 bits per heavy atom. The van der Waals surface area contributed by atoms with Gasteiger partial charge in [0.25, 0.3) is 0 Å². The van der Waals surface area contributed by atoms with Gasteiger partial charge in [-0.25, -0.2) is 14.4 Å². The van der Waals surface area contributed by atoms with Crippen LogP contribution in [0.1, 0.15) is 17.5 Å². The smallest absolute Gasteiger partial charge is 0.490 e. The van der Waals surface area contributed by atoms with Crippen molar-refractivity contribution in [2.24, 2.45) is 0 Å². The molecular weight excluding hydrogens is 445 g/mol. The summed E-state index contributed by atoms with van der Waals surface area (Å²) >= 11 is 0. The highest BCUT2D eigenvalue weighted by Gasteiger charge is 2.43. The molecule has 0 bridgehead atoms. The molecule has 3 rings (SSSR count). The van der Waals surface area contributed by atoms with Gasteiger partial charge in [0.2, 0.25) is 0 Å². The molecule has 174 valence electrons. The summed E-state index contributed by atoms with van der Waals surface area (Å²) in [6.07, 6.45) is -7.52. The van der Waals surface area contributed by atoms with E-state index in [0.29, 0.717) is 22.3 Å². The third-order valence-electron chi connectivity index (χ3n) is 4.68. The van der Waals surface area contributed by atoms with Gasteiger partial charge >= 0.3 is 23.7 Å². The fourth-order valence-electron chi connectivity index (χ4n) is 3.07. The third-order valence-corrected chi connectivity index (χ3v) is 4.68. The fraction of sp³-hybridized carbons (Fsp3) is 0.261. The Kier molecular flexibility index (Phi) is 7.37. The summed E-state index contributed by atoms with van der Waals surface area (Å²) in [7, 11) is 1.43. The lowest BCUT2D eigenvalue weighted by molar-refractivity contribution is -0.208. The van der Waals surface area contributed by atoms with E-state index in [-0.39, 0.29) is 25.0 Å². The number of hydrogen-bond donors (Lipinski definition) is 0. The van der Waals surface area contributed by atoms with Gasteiger partial charge < -0.3 is 18.6 Å². The van der Waals surface area contributed by atoms with Crippen LogP contribution in [0.4, 0.5) is 13.2 Å². The number of hydrogen-bond acceptors (Lipinski definition) is 7. The summed E-state index contributed by atoms with van der Waals surface area (Å²) in [4.78, 5) is 35.7. The molecule has 0 amide bonds. The maximum absolute atomic E-state index is 12.7. The lowest BCUT2D eigenvalue weighted by atomic mass is 10.0. The molecule has 2 aromatic carbocycles. The molecule has 0 spiro atoms. The van der Waals surface area contributed by atoms with E-state index >= 15 is 0 Å². The Hall–Kier alpha value is -3.82. The minimum absolute atomic E-state index is 0.0648. The molecule has 0 aliphatic carbocycles. The van der Waals surface area contributed by atoms with Gasteiger partial charge in [-0.05, 0) is 36.1 Å². The summed E-state index contributed by atoms with van der Waals surface area (Å²) in [5.74, 6) is -3.21. The van der Waals surface area contributed by atoms with E-state index in [9.17, 15) is 27.6 Å². The van der Waals surface area contributed by atoms with Crippen LogP contribution in [0.15, 0.2) is 63.8 Å². The van der Waals surface area contributed by atoms with Crippen molar-refractivity contribution in [3.05, 3.63) is 76.1 Å². The zero-order valence-electron chi connectivity index (χ0n) is 17.4. The Morgan fingerprint density at radius 1 is 1.06 bits per heavy atom. The molecule has 1 atom stereocenters. The minimum Gasteiger partial charge on any atom is -0.497 e. The summed E-state index contributed by atoms with van der Waals surface area (Å²) < 4.78 is 57.9. The SMILES string of the molecule is COc1ccc2c(CC[C@H](OC(=O)C(F)(F)F)C(=O)OCc3ccccc3)cc(=O)oc2c1. The lowest BCUT2D eigenvalue weighted by Crippen LogP contribution is -2.35. The van der Waals surface area contributed by atoms with Crippen LogP contribution in [0.25, 0.3) is 11.0 Å². The monoisotopic (exact) mass is 464 g/mol. The molecule has 0 aliphatic heterocycles. The molecule has 0 saturated carbocycles. The summed E-state index contributed by atoms with van der Waals surface area (Å²) in [6.45, 7) is -0.211. The van der Waals surface area contributed by atoms with Crippen molar-refractivity contribution in [1.29, 1.82) is 0 Å². The Bertz CT molecular complexity index is 1190. The van der Waals surface area contributed by atoms with E-state index in [2.05, 4.69) is 4.74 Å². The molecule has 0 aliphatic rings. The van der Waals surface area contributed by atoms with Gasteiger partial charge in [0, 0.05) is 17.5 Å². The number of fused-ring (bicyclic) bond motifs is 1. The molecule has 3 aromatic rings. The van der Waals surface area contributed by atoms with Crippen molar-refractivity contribution < 1.29 is 41.4 Å². The van der Waals surface area contributed by atoms with E-state index in [1.165, 1.54) is 13.2 Å². The number of methoxy groups -OCH3 is 1. The van der Waals surface area contributed by atoms with E-state index in [1.807, 2.05) is 0 Å². The lowest BCUT2D eigenvalue weighted by Gasteiger charge is -2.18. The van der Waals surface area contributed by atoms with Crippen molar-refractivity contribution in [1.82, 2.24) is 0 Å². The second kappa shape index (κ2) is 10.2. The quantitative estimate of drug-likeness (QED) is 0.368. The number of ether oxygens (including phenoxy) is 3. The maximum Gasteiger partial charge on any atom is 0.490 e. The number of carbonyl (C=O) groups is 2. The van der Waals surface area contributed by atoms with Crippen LogP contribution in [-0.2, 0) is 32.1 Å².